The number of fused-ring (bicyclic) bond motifs is 1. The highest BCUT2D eigenvalue weighted by Gasteiger charge is 2.07. The second kappa shape index (κ2) is 4.23. The Morgan fingerprint density at radius 1 is 1.20 bits per heavy atom. The number of rotatable bonds is 2. The Labute approximate surface area is 94.9 Å². The van der Waals surface area contributed by atoms with Crippen molar-refractivity contribution in [3.8, 4) is 0 Å². The predicted molar refractivity (Wildman–Crippen MR) is 67.6 cm³/mol. The average molecular weight is 217 g/mol. The Hall–Kier alpha value is -1.02. The van der Waals surface area contributed by atoms with E-state index in [1.165, 1.54) is 15.8 Å². The van der Waals surface area contributed by atoms with Crippen LogP contribution in [0.4, 0.5) is 0 Å². The van der Waals surface area contributed by atoms with Crippen molar-refractivity contribution in [2.75, 3.05) is 6.26 Å². The topological polar surface area (TPSA) is 12.9 Å². The standard InChI is InChI=1S/C13H15NS/c1-9(2)10-7-8-14-13-11(10)5-4-6-12(13)15-3/h4-9H,1-3H3. The summed E-state index contributed by atoms with van der Waals surface area (Å²) in [6, 6.07) is 8.53. The highest BCUT2D eigenvalue weighted by molar-refractivity contribution is 7.98. The van der Waals surface area contributed by atoms with Crippen LogP contribution in [0.1, 0.15) is 25.3 Å². The van der Waals surface area contributed by atoms with Crippen LogP contribution in [0.3, 0.4) is 0 Å². The van der Waals surface area contributed by atoms with E-state index in [2.05, 4.69) is 49.4 Å². The van der Waals surface area contributed by atoms with E-state index < -0.39 is 0 Å². The van der Waals surface area contributed by atoms with E-state index in [1.807, 2.05) is 6.20 Å². The number of hydrogen-bond acceptors (Lipinski definition) is 2. The van der Waals surface area contributed by atoms with Crippen molar-refractivity contribution in [1.82, 2.24) is 4.98 Å². The van der Waals surface area contributed by atoms with E-state index in [4.69, 9.17) is 0 Å². The molecule has 0 unspecified atom stereocenters. The van der Waals surface area contributed by atoms with Gasteiger partial charge in [0.2, 0.25) is 0 Å². The number of aromatic nitrogens is 1. The van der Waals surface area contributed by atoms with Gasteiger partial charge in [-0.3, -0.25) is 4.98 Å². The predicted octanol–water partition coefficient (Wildman–Crippen LogP) is 4.08. The van der Waals surface area contributed by atoms with E-state index in [0.717, 1.165) is 5.52 Å². The van der Waals surface area contributed by atoms with Crippen LogP contribution < -0.4 is 0 Å². The van der Waals surface area contributed by atoms with Crippen LogP contribution in [0.25, 0.3) is 10.9 Å². The van der Waals surface area contributed by atoms with Gasteiger partial charge in [-0.25, -0.2) is 0 Å². The molecule has 0 aliphatic heterocycles. The van der Waals surface area contributed by atoms with Crippen molar-refractivity contribution in [3.05, 3.63) is 36.0 Å². The lowest BCUT2D eigenvalue weighted by Crippen LogP contribution is -1.91. The molecule has 2 aromatic rings. The minimum atomic E-state index is 0.549. The molecular formula is C13H15NS. The molecule has 0 aliphatic rings. The van der Waals surface area contributed by atoms with Crippen molar-refractivity contribution >= 4 is 22.7 Å². The third-order valence-corrected chi connectivity index (χ3v) is 3.38. The summed E-state index contributed by atoms with van der Waals surface area (Å²) >= 11 is 1.76. The molecule has 0 spiro atoms. The maximum absolute atomic E-state index is 4.47. The molecule has 0 saturated carbocycles. The minimum absolute atomic E-state index is 0.549. The van der Waals surface area contributed by atoms with E-state index >= 15 is 0 Å². The molecule has 0 saturated heterocycles. The minimum Gasteiger partial charge on any atom is -0.255 e. The summed E-state index contributed by atoms with van der Waals surface area (Å²) in [5.74, 6) is 0.549. The molecule has 0 aliphatic carbocycles. The zero-order valence-corrected chi connectivity index (χ0v) is 10.1. The zero-order valence-electron chi connectivity index (χ0n) is 9.32. The van der Waals surface area contributed by atoms with Gasteiger partial charge in [0.15, 0.2) is 0 Å². The van der Waals surface area contributed by atoms with Gasteiger partial charge in [0.05, 0.1) is 5.52 Å². The first kappa shape index (κ1) is 10.5. The van der Waals surface area contributed by atoms with Gasteiger partial charge in [-0.1, -0.05) is 26.0 Å². The van der Waals surface area contributed by atoms with Crippen molar-refractivity contribution in [1.29, 1.82) is 0 Å². The fourth-order valence-electron chi connectivity index (χ4n) is 1.84. The Morgan fingerprint density at radius 2 is 2.00 bits per heavy atom. The van der Waals surface area contributed by atoms with Gasteiger partial charge in [0.1, 0.15) is 0 Å². The van der Waals surface area contributed by atoms with Gasteiger partial charge >= 0.3 is 0 Å². The number of hydrogen-bond donors (Lipinski definition) is 0. The van der Waals surface area contributed by atoms with Gasteiger partial charge in [0.25, 0.3) is 0 Å². The lowest BCUT2D eigenvalue weighted by Gasteiger charge is -2.10. The van der Waals surface area contributed by atoms with Crippen LogP contribution in [-0.2, 0) is 0 Å². The second-order valence-corrected chi connectivity index (χ2v) is 4.76. The number of pyridine rings is 1. The molecule has 0 amide bonds. The van der Waals surface area contributed by atoms with Crippen molar-refractivity contribution < 1.29 is 0 Å². The zero-order chi connectivity index (χ0) is 10.8. The number of thioether (sulfide) groups is 1. The molecule has 1 heterocycles. The molecule has 1 nitrogen and oxygen atoms in total. The van der Waals surface area contributed by atoms with E-state index in [0.29, 0.717) is 5.92 Å². The van der Waals surface area contributed by atoms with Gasteiger partial charge in [-0.05, 0) is 29.9 Å². The first-order valence-corrected chi connectivity index (χ1v) is 6.38. The van der Waals surface area contributed by atoms with Crippen LogP contribution in [0.15, 0.2) is 35.4 Å². The molecule has 0 N–H and O–H groups in total. The number of benzene rings is 1. The van der Waals surface area contributed by atoms with Crippen molar-refractivity contribution in [2.24, 2.45) is 0 Å². The summed E-state index contributed by atoms with van der Waals surface area (Å²) in [5.41, 5.74) is 2.52. The summed E-state index contributed by atoms with van der Waals surface area (Å²) in [6.45, 7) is 4.45. The van der Waals surface area contributed by atoms with E-state index in [1.54, 1.807) is 11.8 Å². The largest absolute Gasteiger partial charge is 0.255 e. The third-order valence-electron chi connectivity index (χ3n) is 2.61. The molecule has 0 radical (unpaired) electrons. The molecule has 0 bridgehead atoms. The quantitative estimate of drug-likeness (QED) is 0.703. The van der Waals surface area contributed by atoms with Gasteiger partial charge in [0, 0.05) is 16.5 Å². The van der Waals surface area contributed by atoms with Crippen LogP contribution in [0, 0.1) is 0 Å². The van der Waals surface area contributed by atoms with Crippen molar-refractivity contribution in [3.63, 3.8) is 0 Å². The van der Waals surface area contributed by atoms with Crippen LogP contribution in [-0.4, -0.2) is 11.2 Å². The lowest BCUT2D eigenvalue weighted by atomic mass is 9.99. The first-order chi connectivity index (χ1) is 7.24. The van der Waals surface area contributed by atoms with Crippen LogP contribution >= 0.6 is 11.8 Å². The molecule has 0 atom stereocenters. The maximum atomic E-state index is 4.47. The summed E-state index contributed by atoms with van der Waals surface area (Å²) in [4.78, 5) is 5.73. The molecule has 2 rings (SSSR count). The van der Waals surface area contributed by atoms with Gasteiger partial charge in [-0.15, -0.1) is 11.8 Å². The smallest absolute Gasteiger partial charge is 0.0840 e. The normalized spacial score (nSPS) is 11.2. The molecule has 0 fully saturated rings. The van der Waals surface area contributed by atoms with Crippen molar-refractivity contribution in [2.45, 2.75) is 24.7 Å². The number of nitrogens with zero attached hydrogens (tertiary/aromatic N) is 1. The molecule has 2 heteroatoms. The molecule has 1 aromatic carbocycles. The van der Waals surface area contributed by atoms with Gasteiger partial charge < -0.3 is 0 Å². The Bertz CT molecular complexity index is 477. The molecular weight excluding hydrogens is 202 g/mol. The average Bonchev–Trinajstić information content (AvgIpc) is 2.27. The van der Waals surface area contributed by atoms with E-state index in [-0.39, 0.29) is 0 Å². The Balaban J connectivity index is 2.76. The fraction of sp³-hybridized carbons (Fsp3) is 0.308. The molecule has 78 valence electrons. The van der Waals surface area contributed by atoms with E-state index in [9.17, 15) is 0 Å². The molecule has 15 heavy (non-hydrogen) atoms. The third kappa shape index (κ3) is 1.86. The monoisotopic (exact) mass is 217 g/mol. The summed E-state index contributed by atoms with van der Waals surface area (Å²) in [5, 5.41) is 1.29. The van der Waals surface area contributed by atoms with Crippen LogP contribution in [0.5, 0.6) is 0 Å². The highest BCUT2D eigenvalue weighted by atomic mass is 32.2. The summed E-state index contributed by atoms with van der Waals surface area (Å²) in [7, 11) is 0. The second-order valence-electron chi connectivity index (χ2n) is 3.91. The fourth-order valence-corrected chi connectivity index (χ4v) is 2.41. The lowest BCUT2D eigenvalue weighted by molar-refractivity contribution is 0.874. The Kier molecular flexibility index (Phi) is 2.96. The molecule has 1 aromatic heterocycles. The van der Waals surface area contributed by atoms with Gasteiger partial charge in [-0.2, -0.15) is 0 Å². The Morgan fingerprint density at radius 3 is 2.67 bits per heavy atom. The maximum Gasteiger partial charge on any atom is 0.0840 e. The number of para-hydroxylation sites is 1. The van der Waals surface area contributed by atoms with Crippen LogP contribution in [0.2, 0.25) is 0 Å². The SMILES string of the molecule is CSc1cccc2c(C(C)C)ccnc12. The summed E-state index contributed by atoms with van der Waals surface area (Å²) in [6.07, 6.45) is 4.01. The first-order valence-electron chi connectivity index (χ1n) is 5.15. The highest BCUT2D eigenvalue weighted by Crippen LogP contribution is 2.29. The summed E-state index contributed by atoms with van der Waals surface area (Å²) < 4.78 is 0.